The molecule has 0 spiro atoms. The standard InChI is InChI=1S/C21H26N2O4/c1-4-13-27-18-10-8-17(9-11-18)21(24)23-22-15-16-7-12-19(25-5-2)20(14-16)26-6-3/h7-12,14-15H,4-6,13H2,1-3H3,(H,23,24)/b22-15+. The molecule has 0 aliphatic rings. The van der Waals surface area contributed by atoms with Gasteiger partial charge < -0.3 is 14.2 Å². The fourth-order valence-electron chi connectivity index (χ4n) is 2.30. The van der Waals surface area contributed by atoms with Crippen molar-refractivity contribution < 1.29 is 19.0 Å². The van der Waals surface area contributed by atoms with Crippen LogP contribution in [0.2, 0.25) is 0 Å². The second-order valence-corrected chi connectivity index (χ2v) is 5.64. The number of hydrogen-bond acceptors (Lipinski definition) is 5. The zero-order chi connectivity index (χ0) is 19.5. The van der Waals surface area contributed by atoms with Gasteiger partial charge in [0.05, 0.1) is 26.0 Å². The SMILES string of the molecule is CCCOc1ccc(C(=O)N/N=C/c2ccc(OCC)c(OCC)c2)cc1. The number of hydrogen-bond donors (Lipinski definition) is 1. The van der Waals surface area contributed by atoms with Crippen molar-refractivity contribution in [3.05, 3.63) is 53.6 Å². The number of benzene rings is 2. The van der Waals surface area contributed by atoms with E-state index in [2.05, 4.69) is 10.5 Å². The fourth-order valence-corrected chi connectivity index (χ4v) is 2.30. The predicted molar refractivity (Wildman–Crippen MR) is 106 cm³/mol. The normalized spacial score (nSPS) is 10.6. The zero-order valence-electron chi connectivity index (χ0n) is 16.0. The van der Waals surface area contributed by atoms with Gasteiger partial charge in [-0.1, -0.05) is 6.92 Å². The first-order chi connectivity index (χ1) is 13.2. The number of nitrogens with one attached hydrogen (secondary N) is 1. The monoisotopic (exact) mass is 370 g/mol. The maximum absolute atomic E-state index is 12.2. The summed E-state index contributed by atoms with van der Waals surface area (Å²) in [6, 6.07) is 12.5. The highest BCUT2D eigenvalue weighted by molar-refractivity contribution is 5.95. The summed E-state index contributed by atoms with van der Waals surface area (Å²) in [5.74, 6) is 1.79. The van der Waals surface area contributed by atoms with Crippen LogP contribution in [-0.4, -0.2) is 31.9 Å². The lowest BCUT2D eigenvalue weighted by Crippen LogP contribution is -2.17. The topological polar surface area (TPSA) is 69.2 Å². The predicted octanol–water partition coefficient (Wildman–Crippen LogP) is 4.04. The third-order valence-electron chi connectivity index (χ3n) is 3.54. The lowest BCUT2D eigenvalue weighted by atomic mass is 10.2. The van der Waals surface area contributed by atoms with Crippen LogP contribution in [0.4, 0.5) is 0 Å². The molecule has 0 heterocycles. The maximum atomic E-state index is 12.2. The van der Waals surface area contributed by atoms with Gasteiger partial charge in [0.25, 0.3) is 5.91 Å². The molecule has 0 unspecified atom stereocenters. The summed E-state index contributed by atoms with van der Waals surface area (Å²) in [6.07, 6.45) is 2.50. The molecule has 2 aromatic carbocycles. The van der Waals surface area contributed by atoms with E-state index in [1.165, 1.54) is 0 Å². The molecule has 144 valence electrons. The second kappa shape index (κ2) is 10.9. The summed E-state index contributed by atoms with van der Waals surface area (Å²) < 4.78 is 16.6. The van der Waals surface area contributed by atoms with Crippen LogP contribution in [0.15, 0.2) is 47.6 Å². The van der Waals surface area contributed by atoms with Crippen LogP contribution in [0.3, 0.4) is 0 Å². The van der Waals surface area contributed by atoms with Gasteiger partial charge in [-0.25, -0.2) is 5.43 Å². The Bertz CT molecular complexity index is 757. The largest absolute Gasteiger partial charge is 0.494 e. The Labute approximate surface area is 160 Å². The molecule has 0 saturated heterocycles. The molecule has 1 N–H and O–H groups in total. The van der Waals surface area contributed by atoms with Gasteiger partial charge >= 0.3 is 0 Å². The van der Waals surface area contributed by atoms with Gasteiger partial charge in [-0.2, -0.15) is 5.10 Å². The number of amides is 1. The Hall–Kier alpha value is -3.02. The zero-order valence-corrected chi connectivity index (χ0v) is 16.0. The van der Waals surface area contributed by atoms with Gasteiger partial charge in [0.15, 0.2) is 11.5 Å². The first-order valence-corrected chi connectivity index (χ1v) is 9.13. The molecule has 27 heavy (non-hydrogen) atoms. The number of rotatable bonds is 10. The van der Waals surface area contributed by atoms with Crippen molar-refractivity contribution in [2.45, 2.75) is 27.2 Å². The van der Waals surface area contributed by atoms with Crippen molar-refractivity contribution in [2.75, 3.05) is 19.8 Å². The summed E-state index contributed by atoms with van der Waals surface area (Å²) in [4.78, 5) is 12.2. The lowest BCUT2D eigenvalue weighted by molar-refractivity contribution is 0.0955. The quantitative estimate of drug-likeness (QED) is 0.506. The summed E-state index contributed by atoms with van der Waals surface area (Å²) in [5.41, 5.74) is 3.83. The van der Waals surface area contributed by atoms with E-state index in [1.54, 1.807) is 30.5 Å². The molecule has 0 fully saturated rings. The number of hydrazone groups is 1. The number of nitrogens with zero attached hydrogens (tertiary/aromatic N) is 1. The third kappa shape index (κ3) is 6.33. The minimum absolute atomic E-state index is 0.288. The summed E-state index contributed by atoms with van der Waals surface area (Å²) in [6.45, 7) is 7.63. The molecule has 2 rings (SSSR count). The van der Waals surface area contributed by atoms with Crippen LogP contribution in [0.1, 0.15) is 43.1 Å². The lowest BCUT2D eigenvalue weighted by Gasteiger charge is -2.11. The van der Waals surface area contributed by atoms with Gasteiger partial charge in [-0.15, -0.1) is 0 Å². The minimum atomic E-state index is -0.288. The van der Waals surface area contributed by atoms with E-state index in [4.69, 9.17) is 14.2 Å². The summed E-state index contributed by atoms with van der Waals surface area (Å²) in [5, 5.41) is 4.01. The number of carbonyl (C=O) groups is 1. The third-order valence-corrected chi connectivity index (χ3v) is 3.54. The van der Waals surface area contributed by atoms with Crippen LogP contribution >= 0.6 is 0 Å². The van der Waals surface area contributed by atoms with Gasteiger partial charge in [0.2, 0.25) is 0 Å². The van der Waals surface area contributed by atoms with E-state index >= 15 is 0 Å². The van der Waals surface area contributed by atoms with E-state index in [-0.39, 0.29) is 5.91 Å². The molecule has 0 aromatic heterocycles. The highest BCUT2D eigenvalue weighted by atomic mass is 16.5. The van der Waals surface area contributed by atoms with Crippen LogP contribution in [0.25, 0.3) is 0 Å². The van der Waals surface area contributed by atoms with Crippen LogP contribution in [-0.2, 0) is 0 Å². The van der Waals surface area contributed by atoms with E-state index in [0.717, 1.165) is 17.7 Å². The van der Waals surface area contributed by atoms with Gasteiger partial charge in [-0.05, 0) is 68.3 Å². The van der Waals surface area contributed by atoms with Gasteiger partial charge in [-0.3, -0.25) is 4.79 Å². The van der Waals surface area contributed by atoms with E-state index in [9.17, 15) is 4.79 Å². The number of ether oxygens (including phenoxy) is 3. The van der Waals surface area contributed by atoms with Gasteiger partial charge in [0, 0.05) is 5.56 Å². The van der Waals surface area contributed by atoms with Crippen LogP contribution in [0.5, 0.6) is 17.2 Å². The van der Waals surface area contributed by atoms with Crippen molar-refractivity contribution in [2.24, 2.45) is 5.10 Å². The van der Waals surface area contributed by atoms with Crippen molar-refractivity contribution in [3.8, 4) is 17.2 Å². The van der Waals surface area contributed by atoms with Crippen molar-refractivity contribution in [1.29, 1.82) is 0 Å². The molecule has 6 nitrogen and oxygen atoms in total. The van der Waals surface area contributed by atoms with E-state index < -0.39 is 0 Å². The molecular weight excluding hydrogens is 344 g/mol. The van der Waals surface area contributed by atoms with E-state index in [0.29, 0.717) is 36.9 Å². The molecule has 0 atom stereocenters. The summed E-state index contributed by atoms with van der Waals surface area (Å²) >= 11 is 0. The van der Waals surface area contributed by atoms with Crippen LogP contribution in [0, 0.1) is 0 Å². The molecule has 0 bridgehead atoms. The first kappa shape index (κ1) is 20.3. The van der Waals surface area contributed by atoms with E-state index in [1.807, 2.05) is 39.0 Å². The Balaban J connectivity index is 1.97. The second-order valence-electron chi connectivity index (χ2n) is 5.64. The fraction of sp³-hybridized carbons (Fsp3) is 0.333. The average molecular weight is 370 g/mol. The van der Waals surface area contributed by atoms with Crippen LogP contribution < -0.4 is 19.6 Å². The van der Waals surface area contributed by atoms with Crippen molar-refractivity contribution >= 4 is 12.1 Å². The Morgan fingerprint density at radius 3 is 2.33 bits per heavy atom. The highest BCUT2D eigenvalue weighted by Gasteiger charge is 2.06. The molecule has 0 saturated carbocycles. The number of carbonyl (C=O) groups excluding carboxylic acids is 1. The smallest absolute Gasteiger partial charge is 0.271 e. The first-order valence-electron chi connectivity index (χ1n) is 9.13. The molecule has 0 aliphatic carbocycles. The molecule has 2 aromatic rings. The Kier molecular flexibility index (Phi) is 8.16. The molecule has 6 heteroatoms. The Morgan fingerprint density at radius 2 is 1.67 bits per heavy atom. The minimum Gasteiger partial charge on any atom is -0.494 e. The molecule has 0 radical (unpaired) electrons. The van der Waals surface area contributed by atoms with Crippen molar-refractivity contribution in [3.63, 3.8) is 0 Å². The molecular formula is C21H26N2O4. The molecule has 1 amide bonds. The van der Waals surface area contributed by atoms with Gasteiger partial charge in [0.1, 0.15) is 5.75 Å². The highest BCUT2D eigenvalue weighted by Crippen LogP contribution is 2.27. The van der Waals surface area contributed by atoms with Crippen molar-refractivity contribution in [1.82, 2.24) is 5.43 Å². The maximum Gasteiger partial charge on any atom is 0.271 e. The average Bonchev–Trinajstić information content (AvgIpc) is 2.69. The summed E-state index contributed by atoms with van der Waals surface area (Å²) in [7, 11) is 0. The Morgan fingerprint density at radius 1 is 0.963 bits per heavy atom. The molecule has 0 aliphatic heterocycles.